The summed E-state index contributed by atoms with van der Waals surface area (Å²) >= 11 is 0. The molecule has 56 valence electrons. The standard InChI is InChI=1S/C9H15N/c1-4-8(3)9(5-2)6-7-10/h4,6-7H,1,5,10H2,2-3H3/b7-6-,9-8-. The van der Waals surface area contributed by atoms with Crippen LogP contribution in [0.5, 0.6) is 0 Å². The minimum absolute atomic E-state index is 1.01. The number of hydrogen-bond donors (Lipinski definition) is 1. The second-order valence-electron chi connectivity index (χ2n) is 2.13. The first kappa shape index (κ1) is 9.02. The van der Waals surface area contributed by atoms with Crippen molar-refractivity contribution in [2.45, 2.75) is 20.3 Å². The smallest absolute Gasteiger partial charge is 0.00595 e. The van der Waals surface area contributed by atoms with E-state index in [1.807, 2.05) is 19.1 Å². The fourth-order valence-electron chi connectivity index (χ4n) is 0.775. The molecule has 10 heavy (non-hydrogen) atoms. The highest BCUT2D eigenvalue weighted by Gasteiger charge is 1.90. The molecule has 0 bridgehead atoms. The molecule has 2 N–H and O–H groups in total. The van der Waals surface area contributed by atoms with Gasteiger partial charge in [0.2, 0.25) is 0 Å². The molecule has 0 aliphatic heterocycles. The van der Waals surface area contributed by atoms with Gasteiger partial charge in [0.1, 0.15) is 0 Å². The van der Waals surface area contributed by atoms with Gasteiger partial charge in [-0.15, -0.1) is 0 Å². The van der Waals surface area contributed by atoms with Gasteiger partial charge in [-0.3, -0.25) is 0 Å². The minimum atomic E-state index is 1.01. The molecular formula is C9H15N. The van der Waals surface area contributed by atoms with E-state index in [9.17, 15) is 0 Å². The van der Waals surface area contributed by atoms with Gasteiger partial charge in [-0.25, -0.2) is 0 Å². The van der Waals surface area contributed by atoms with Gasteiger partial charge in [-0.2, -0.15) is 0 Å². The summed E-state index contributed by atoms with van der Waals surface area (Å²) in [7, 11) is 0. The summed E-state index contributed by atoms with van der Waals surface area (Å²) in [6.45, 7) is 7.81. The Hall–Kier alpha value is -0.980. The summed E-state index contributed by atoms with van der Waals surface area (Å²) in [6, 6.07) is 0. The van der Waals surface area contributed by atoms with Crippen molar-refractivity contribution in [1.82, 2.24) is 0 Å². The molecular weight excluding hydrogens is 122 g/mol. The first-order chi connectivity index (χ1) is 4.76. The van der Waals surface area contributed by atoms with Gasteiger partial charge in [-0.1, -0.05) is 19.6 Å². The maximum Gasteiger partial charge on any atom is -0.00595 e. The van der Waals surface area contributed by atoms with E-state index in [2.05, 4.69) is 13.5 Å². The molecule has 0 spiro atoms. The van der Waals surface area contributed by atoms with E-state index in [0.717, 1.165) is 6.42 Å². The molecule has 1 nitrogen and oxygen atoms in total. The van der Waals surface area contributed by atoms with Crippen molar-refractivity contribution in [3.63, 3.8) is 0 Å². The molecule has 0 aromatic heterocycles. The summed E-state index contributed by atoms with van der Waals surface area (Å²) in [4.78, 5) is 0. The molecule has 0 saturated carbocycles. The third kappa shape index (κ3) is 2.53. The molecule has 0 fully saturated rings. The minimum Gasteiger partial charge on any atom is -0.405 e. The highest BCUT2D eigenvalue weighted by molar-refractivity contribution is 5.29. The normalized spacial score (nSPS) is 13.4. The van der Waals surface area contributed by atoms with Gasteiger partial charge in [-0.05, 0) is 36.8 Å². The summed E-state index contributed by atoms with van der Waals surface area (Å²) in [5.41, 5.74) is 7.69. The monoisotopic (exact) mass is 137 g/mol. The van der Waals surface area contributed by atoms with E-state index >= 15 is 0 Å². The van der Waals surface area contributed by atoms with E-state index in [1.54, 1.807) is 6.20 Å². The third-order valence-corrected chi connectivity index (χ3v) is 1.49. The van der Waals surface area contributed by atoms with Crippen LogP contribution in [0.4, 0.5) is 0 Å². The van der Waals surface area contributed by atoms with E-state index in [4.69, 9.17) is 5.73 Å². The lowest BCUT2D eigenvalue weighted by Gasteiger charge is -1.99. The molecule has 0 aromatic carbocycles. The molecule has 0 rings (SSSR count). The Morgan fingerprint density at radius 1 is 1.60 bits per heavy atom. The molecule has 0 amide bonds. The van der Waals surface area contributed by atoms with Gasteiger partial charge in [0.05, 0.1) is 0 Å². The van der Waals surface area contributed by atoms with Crippen LogP contribution in [0.25, 0.3) is 0 Å². The summed E-state index contributed by atoms with van der Waals surface area (Å²) in [6.07, 6.45) is 6.33. The average molecular weight is 137 g/mol. The molecule has 0 unspecified atom stereocenters. The average Bonchev–Trinajstić information content (AvgIpc) is 1.99. The van der Waals surface area contributed by atoms with Crippen molar-refractivity contribution in [3.05, 3.63) is 36.1 Å². The molecule has 0 heterocycles. The molecule has 0 aliphatic rings. The lowest BCUT2D eigenvalue weighted by Crippen LogP contribution is -1.83. The maximum atomic E-state index is 5.25. The summed E-state index contributed by atoms with van der Waals surface area (Å²) < 4.78 is 0. The SMILES string of the molecule is C=C/C(C)=C(\C=C/N)CC. The summed E-state index contributed by atoms with van der Waals surface area (Å²) in [5, 5.41) is 0. The lowest BCUT2D eigenvalue weighted by molar-refractivity contribution is 1.12. The predicted octanol–water partition coefficient (Wildman–Crippen LogP) is 2.37. The second kappa shape index (κ2) is 4.86. The number of rotatable bonds is 3. The predicted molar refractivity (Wildman–Crippen MR) is 46.5 cm³/mol. The number of nitrogens with two attached hydrogens (primary N) is 1. The fourth-order valence-corrected chi connectivity index (χ4v) is 0.775. The van der Waals surface area contributed by atoms with Crippen LogP contribution in [0, 0.1) is 0 Å². The quantitative estimate of drug-likeness (QED) is 0.594. The van der Waals surface area contributed by atoms with Crippen LogP contribution in [-0.2, 0) is 0 Å². The van der Waals surface area contributed by atoms with Crippen molar-refractivity contribution in [3.8, 4) is 0 Å². The molecule has 1 heteroatoms. The molecule has 0 aromatic rings. The Morgan fingerprint density at radius 2 is 2.20 bits per heavy atom. The van der Waals surface area contributed by atoms with Crippen molar-refractivity contribution >= 4 is 0 Å². The van der Waals surface area contributed by atoms with Crippen molar-refractivity contribution in [2.24, 2.45) is 5.73 Å². The lowest BCUT2D eigenvalue weighted by atomic mass is 10.1. The second-order valence-corrected chi connectivity index (χ2v) is 2.13. The first-order valence-electron chi connectivity index (χ1n) is 3.46. The Morgan fingerprint density at radius 3 is 2.50 bits per heavy atom. The van der Waals surface area contributed by atoms with Gasteiger partial charge in [0.15, 0.2) is 0 Å². The Balaban J connectivity index is 4.44. The van der Waals surface area contributed by atoms with Crippen LogP contribution in [-0.4, -0.2) is 0 Å². The van der Waals surface area contributed by atoms with Crippen LogP contribution < -0.4 is 5.73 Å². The summed E-state index contributed by atoms with van der Waals surface area (Å²) in [5.74, 6) is 0. The fraction of sp³-hybridized carbons (Fsp3) is 0.333. The molecule has 0 saturated heterocycles. The largest absolute Gasteiger partial charge is 0.405 e. The highest BCUT2D eigenvalue weighted by Crippen LogP contribution is 2.09. The third-order valence-electron chi connectivity index (χ3n) is 1.49. The van der Waals surface area contributed by atoms with Gasteiger partial charge in [0, 0.05) is 0 Å². The molecule has 0 aliphatic carbocycles. The van der Waals surface area contributed by atoms with Crippen LogP contribution >= 0.6 is 0 Å². The Bertz CT molecular complexity index is 164. The zero-order valence-electron chi connectivity index (χ0n) is 6.72. The topological polar surface area (TPSA) is 26.0 Å². The number of allylic oxidation sites excluding steroid dienone is 4. The van der Waals surface area contributed by atoms with Crippen LogP contribution in [0.1, 0.15) is 20.3 Å². The first-order valence-corrected chi connectivity index (χ1v) is 3.46. The van der Waals surface area contributed by atoms with Crippen molar-refractivity contribution < 1.29 is 0 Å². The van der Waals surface area contributed by atoms with Crippen molar-refractivity contribution in [2.75, 3.05) is 0 Å². The van der Waals surface area contributed by atoms with Gasteiger partial charge in [0.25, 0.3) is 0 Å². The highest BCUT2D eigenvalue weighted by atomic mass is 14.5. The van der Waals surface area contributed by atoms with E-state index in [1.165, 1.54) is 11.1 Å². The zero-order chi connectivity index (χ0) is 7.98. The van der Waals surface area contributed by atoms with Crippen LogP contribution in [0.3, 0.4) is 0 Å². The Kier molecular flexibility index (Phi) is 4.38. The molecule has 0 radical (unpaired) electrons. The molecule has 0 atom stereocenters. The maximum absolute atomic E-state index is 5.25. The van der Waals surface area contributed by atoms with Crippen LogP contribution in [0.15, 0.2) is 36.1 Å². The van der Waals surface area contributed by atoms with Gasteiger partial charge < -0.3 is 5.73 Å². The van der Waals surface area contributed by atoms with E-state index in [-0.39, 0.29) is 0 Å². The Labute approximate surface area is 62.9 Å². The van der Waals surface area contributed by atoms with E-state index in [0.29, 0.717) is 0 Å². The zero-order valence-corrected chi connectivity index (χ0v) is 6.72. The van der Waals surface area contributed by atoms with Crippen molar-refractivity contribution in [1.29, 1.82) is 0 Å². The van der Waals surface area contributed by atoms with Crippen LogP contribution in [0.2, 0.25) is 0 Å². The van der Waals surface area contributed by atoms with E-state index < -0.39 is 0 Å². The number of hydrogen-bond acceptors (Lipinski definition) is 1. The van der Waals surface area contributed by atoms with Gasteiger partial charge >= 0.3 is 0 Å².